The van der Waals surface area contributed by atoms with E-state index in [1.807, 2.05) is 23.1 Å². The predicted octanol–water partition coefficient (Wildman–Crippen LogP) is 4.03. The van der Waals surface area contributed by atoms with Crippen molar-refractivity contribution in [3.05, 3.63) is 59.8 Å². The van der Waals surface area contributed by atoms with Crippen molar-refractivity contribution in [2.45, 2.75) is 24.0 Å². The number of rotatable bonds is 2. The molecule has 0 spiro atoms. The topological polar surface area (TPSA) is 59.8 Å². The van der Waals surface area contributed by atoms with Gasteiger partial charge in [-0.3, -0.25) is 4.79 Å². The molecule has 26 heavy (non-hydrogen) atoms. The number of carbonyl (C=O) groups is 1. The van der Waals surface area contributed by atoms with Crippen molar-refractivity contribution in [3.63, 3.8) is 0 Å². The standard InChI is InChI=1S/C20H18N4OS/c1-26-20-22-19-21-15-10-5-11-16(25)17(15)18(24(19)23-20)14-9-4-7-12-6-2-3-8-13(12)14/h2-4,6-10,17-18H,5,11H2,1H3,(H,21,22,23). The van der Waals surface area contributed by atoms with E-state index < -0.39 is 0 Å². The molecule has 2 aromatic carbocycles. The van der Waals surface area contributed by atoms with Gasteiger partial charge in [0.2, 0.25) is 11.1 Å². The predicted molar refractivity (Wildman–Crippen MR) is 103 cm³/mol. The van der Waals surface area contributed by atoms with Gasteiger partial charge in [0.25, 0.3) is 0 Å². The fraction of sp³-hybridized carbons (Fsp3) is 0.250. The molecule has 1 N–H and O–H groups in total. The Kier molecular flexibility index (Phi) is 3.60. The molecule has 6 heteroatoms. The van der Waals surface area contributed by atoms with Crippen LogP contribution in [-0.2, 0) is 4.79 Å². The highest BCUT2D eigenvalue weighted by Gasteiger charge is 2.42. The number of benzene rings is 2. The maximum absolute atomic E-state index is 12.9. The summed E-state index contributed by atoms with van der Waals surface area (Å²) in [6.45, 7) is 0. The van der Waals surface area contributed by atoms with E-state index in [4.69, 9.17) is 0 Å². The number of anilines is 1. The molecule has 2 unspecified atom stereocenters. The van der Waals surface area contributed by atoms with Gasteiger partial charge in [0.15, 0.2) is 0 Å². The van der Waals surface area contributed by atoms with Crippen LogP contribution in [0.15, 0.2) is 59.4 Å². The molecule has 130 valence electrons. The minimum Gasteiger partial charge on any atom is -0.328 e. The normalized spacial score (nSPS) is 21.7. The summed E-state index contributed by atoms with van der Waals surface area (Å²) in [4.78, 5) is 17.5. The van der Waals surface area contributed by atoms with Gasteiger partial charge < -0.3 is 5.32 Å². The average molecular weight is 362 g/mol. The van der Waals surface area contributed by atoms with Gasteiger partial charge in [-0.2, -0.15) is 4.98 Å². The van der Waals surface area contributed by atoms with Crippen LogP contribution >= 0.6 is 11.8 Å². The largest absolute Gasteiger partial charge is 0.328 e. The van der Waals surface area contributed by atoms with Crippen molar-refractivity contribution in [1.82, 2.24) is 14.8 Å². The molecule has 5 rings (SSSR count). The SMILES string of the molecule is CSc1nc2n(n1)C(c1cccc3ccccc13)C1C(=O)CCC=C1N2. The second-order valence-electron chi connectivity index (χ2n) is 6.65. The molecule has 0 saturated carbocycles. The van der Waals surface area contributed by atoms with Gasteiger partial charge in [-0.15, -0.1) is 5.10 Å². The van der Waals surface area contributed by atoms with Gasteiger partial charge >= 0.3 is 0 Å². The van der Waals surface area contributed by atoms with Gasteiger partial charge in [0.05, 0.1) is 12.0 Å². The van der Waals surface area contributed by atoms with Crippen LogP contribution in [0, 0.1) is 5.92 Å². The lowest BCUT2D eigenvalue weighted by molar-refractivity contribution is -0.123. The number of nitrogens with zero attached hydrogens (tertiary/aromatic N) is 3. The molecule has 2 aliphatic rings. The lowest BCUT2D eigenvalue weighted by atomic mass is 9.79. The molecule has 2 atom stereocenters. The van der Waals surface area contributed by atoms with Crippen LogP contribution in [0.5, 0.6) is 0 Å². The molecule has 1 aliphatic carbocycles. The first-order valence-electron chi connectivity index (χ1n) is 8.74. The van der Waals surface area contributed by atoms with E-state index in [0.717, 1.165) is 23.1 Å². The molecule has 0 fully saturated rings. The highest BCUT2D eigenvalue weighted by atomic mass is 32.2. The van der Waals surface area contributed by atoms with Crippen molar-refractivity contribution in [1.29, 1.82) is 0 Å². The first kappa shape index (κ1) is 15.6. The van der Waals surface area contributed by atoms with Gasteiger partial charge in [0, 0.05) is 12.1 Å². The first-order valence-corrected chi connectivity index (χ1v) is 9.97. The van der Waals surface area contributed by atoms with Crippen LogP contribution < -0.4 is 5.32 Å². The number of fused-ring (bicyclic) bond motifs is 3. The van der Waals surface area contributed by atoms with Crippen molar-refractivity contribution < 1.29 is 4.79 Å². The molecule has 0 amide bonds. The zero-order valence-corrected chi connectivity index (χ0v) is 15.2. The van der Waals surface area contributed by atoms with E-state index >= 15 is 0 Å². The lowest BCUT2D eigenvalue weighted by Gasteiger charge is -2.36. The summed E-state index contributed by atoms with van der Waals surface area (Å²) in [5.74, 6) is 0.739. The molecule has 2 heterocycles. The van der Waals surface area contributed by atoms with E-state index in [1.165, 1.54) is 17.1 Å². The number of carbonyl (C=O) groups excluding carboxylic acids is 1. The third-order valence-electron chi connectivity index (χ3n) is 5.21. The number of nitrogens with one attached hydrogen (secondary N) is 1. The number of hydrogen-bond acceptors (Lipinski definition) is 5. The highest BCUT2D eigenvalue weighted by Crippen LogP contribution is 2.43. The van der Waals surface area contributed by atoms with E-state index in [1.54, 1.807) is 0 Å². The number of allylic oxidation sites excluding steroid dienone is 2. The zero-order valence-electron chi connectivity index (χ0n) is 14.3. The smallest absolute Gasteiger partial charge is 0.227 e. The Bertz CT molecular complexity index is 1050. The minimum absolute atomic E-state index is 0.176. The molecule has 0 saturated heterocycles. The number of hydrogen-bond donors (Lipinski definition) is 1. The number of Topliss-reactive ketones (excluding diaryl/α,β-unsaturated/α-hetero) is 1. The third-order valence-corrected chi connectivity index (χ3v) is 5.75. The summed E-state index contributed by atoms with van der Waals surface area (Å²) in [5, 5.41) is 11.1. The average Bonchev–Trinajstić information content (AvgIpc) is 3.09. The minimum atomic E-state index is -0.238. The van der Waals surface area contributed by atoms with E-state index in [9.17, 15) is 4.79 Å². The fourth-order valence-electron chi connectivity index (χ4n) is 4.06. The Morgan fingerprint density at radius 1 is 1.19 bits per heavy atom. The number of thioether (sulfide) groups is 1. The van der Waals surface area contributed by atoms with Crippen LogP contribution in [-0.4, -0.2) is 26.8 Å². The second-order valence-corrected chi connectivity index (χ2v) is 7.42. The summed E-state index contributed by atoms with van der Waals surface area (Å²) < 4.78 is 1.90. The van der Waals surface area contributed by atoms with Crippen LogP contribution in [0.3, 0.4) is 0 Å². The van der Waals surface area contributed by atoms with Crippen molar-refractivity contribution in [3.8, 4) is 0 Å². The molecule has 0 bridgehead atoms. The monoisotopic (exact) mass is 362 g/mol. The van der Waals surface area contributed by atoms with Gasteiger partial charge in [-0.05, 0) is 29.0 Å². The lowest BCUT2D eigenvalue weighted by Crippen LogP contribution is -2.38. The fourth-order valence-corrected chi connectivity index (χ4v) is 4.41. The Morgan fingerprint density at radius 2 is 2.04 bits per heavy atom. The Morgan fingerprint density at radius 3 is 2.92 bits per heavy atom. The van der Waals surface area contributed by atoms with Gasteiger partial charge in [-0.1, -0.05) is 60.3 Å². The van der Waals surface area contributed by atoms with Gasteiger partial charge in [0.1, 0.15) is 5.78 Å². The molecular weight excluding hydrogens is 344 g/mol. The maximum Gasteiger partial charge on any atom is 0.227 e. The quantitative estimate of drug-likeness (QED) is 0.698. The summed E-state index contributed by atoms with van der Waals surface area (Å²) in [5.41, 5.74) is 2.08. The molecule has 1 aliphatic heterocycles. The molecular formula is C20H18N4OS. The summed E-state index contributed by atoms with van der Waals surface area (Å²) >= 11 is 1.51. The number of ketones is 1. The van der Waals surface area contributed by atoms with Crippen LogP contribution in [0.1, 0.15) is 24.4 Å². The van der Waals surface area contributed by atoms with Gasteiger partial charge in [-0.25, -0.2) is 4.68 Å². The van der Waals surface area contributed by atoms with Crippen LogP contribution in [0.2, 0.25) is 0 Å². The second kappa shape index (κ2) is 5.99. The first-order chi connectivity index (χ1) is 12.8. The third kappa shape index (κ3) is 2.29. The Balaban J connectivity index is 1.79. The molecule has 0 radical (unpaired) electrons. The summed E-state index contributed by atoms with van der Waals surface area (Å²) in [6, 6.07) is 14.4. The van der Waals surface area contributed by atoms with E-state index in [2.05, 4.69) is 51.8 Å². The molecule has 1 aromatic heterocycles. The highest BCUT2D eigenvalue weighted by molar-refractivity contribution is 7.98. The molecule has 5 nitrogen and oxygen atoms in total. The zero-order chi connectivity index (χ0) is 17.7. The maximum atomic E-state index is 12.9. The summed E-state index contributed by atoms with van der Waals surface area (Å²) in [7, 11) is 0. The Hall–Kier alpha value is -2.60. The van der Waals surface area contributed by atoms with Crippen molar-refractivity contribution in [2.24, 2.45) is 5.92 Å². The van der Waals surface area contributed by atoms with E-state index in [0.29, 0.717) is 17.5 Å². The van der Waals surface area contributed by atoms with Crippen molar-refractivity contribution in [2.75, 3.05) is 11.6 Å². The summed E-state index contributed by atoms with van der Waals surface area (Å²) in [6.07, 6.45) is 5.47. The Labute approximate surface area is 155 Å². The number of aromatic nitrogens is 3. The van der Waals surface area contributed by atoms with Crippen LogP contribution in [0.4, 0.5) is 5.95 Å². The van der Waals surface area contributed by atoms with Crippen LogP contribution in [0.25, 0.3) is 10.8 Å². The van der Waals surface area contributed by atoms with Crippen molar-refractivity contribution >= 4 is 34.3 Å². The molecule has 3 aromatic rings. The van der Waals surface area contributed by atoms with E-state index in [-0.39, 0.29) is 17.7 Å².